The molecule has 1 aliphatic heterocycles. The molecule has 0 fully saturated rings. The Hall–Kier alpha value is -5.90. The third-order valence-corrected chi connectivity index (χ3v) is 11.8. The van der Waals surface area contributed by atoms with Gasteiger partial charge in [0.2, 0.25) is 0 Å². The van der Waals surface area contributed by atoms with E-state index in [1.807, 2.05) is 11.3 Å². The van der Waals surface area contributed by atoms with E-state index in [-0.39, 0.29) is 5.41 Å². The number of thiophene rings is 1. The smallest absolute Gasteiger partial charge is 0.0727 e. The second-order valence-electron chi connectivity index (χ2n) is 13.8. The van der Waals surface area contributed by atoms with Crippen LogP contribution in [0.4, 0.5) is 17.1 Å². The fourth-order valence-electron chi connectivity index (χ4n) is 8.08. The maximum absolute atomic E-state index is 2.45. The van der Waals surface area contributed by atoms with Gasteiger partial charge in [-0.25, -0.2) is 0 Å². The van der Waals surface area contributed by atoms with E-state index in [4.69, 9.17) is 0 Å². The van der Waals surface area contributed by atoms with E-state index >= 15 is 0 Å². The Morgan fingerprint density at radius 2 is 1.00 bits per heavy atom. The third-order valence-electron chi connectivity index (χ3n) is 10.6. The topological polar surface area (TPSA) is 8.17 Å². The minimum absolute atomic E-state index is 0.226. The van der Waals surface area contributed by atoms with Gasteiger partial charge in [-0.2, -0.15) is 0 Å². The van der Waals surface area contributed by atoms with Crippen LogP contribution in [0.2, 0.25) is 0 Å². The number of nitrogens with zero attached hydrogens (tertiary/aromatic N) is 2. The third kappa shape index (κ3) is 4.33. The number of fused-ring (bicyclic) bond motifs is 7. The van der Waals surface area contributed by atoms with Crippen LogP contribution < -0.4 is 4.90 Å². The van der Waals surface area contributed by atoms with Gasteiger partial charge in [-0.3, -0.25) is 0 Å². The number of hydrogen-bond donors (Lipinski definition) is 0. The molecule has 2 aromatic heterocycles. The zero-order valence-electron chi connectivity index (χ0n) is 28.0. The molecule has 2 nitrogen and oxygen atoms in total. The summed E-state index contributed by atoms with van der Waals surface area (Å²) in [5.41, 5.74) is 14.7. The molecular weight excluding hydrogens is 625 g/mol. The summed E-state index contributed by atoms with van der Waals surface area (Å²) in [6, 6.07) is 62.2. The summed E-state index contributed by atoms with van der Waals surface area (Å²) in [6.07, 6.45) is 0. The van der Waals surface area contributed by atoms with Gasteiger partial charge in [0.15, 0.2) is 0 Å². The summed E-state index contributed by atoms with van der Waals surface area (Å²) >= 11 is 1.90. The highest BCUT2D eigenvalue weighted by molar-refractivity contribution is 7.26. The van der Waals surface area contributed by atoms with Crippen LogP contribution in [-0.2, 0) is 5.41 Å². The number of hydrogen-bond acceptors (Lipinski definition) is 2. The van der Waals surface area contributed by atoms with Crippen molar-refractivity contribution >= 4 is 59.6 Å². The van der Waals surface area contributed by atoms with E-state index in [1.165, 1.54) is 87.3 Å². The van der Waals surface area contributed by atoms with E-state index in [1.54, 1.807) is 0 Å². The Morgan fingerprint density at radius 3 is 1.68 bits per heavy atom. The molecule has 10 rings (SSSR count). The Kier molecular flexibility index (Phi) is 6.43. The minimum atomic E-state index is -0.226. The van der Waals surface area contributed by atoms with Crippen molar-refractivity contribution in [2.24, 2.45) is 0 Å². The van der Waals surface area contributed by atoms with Crippen molar-refractivity contribution in [2.45, 2.75) is 19.3 Å². The molecule has 0 atom stereocenters. The summed E-state index contributed by atoms with van der Waals surface area (Å²) in [6.45, 7) is 4.77. The molecular formula is C47H34N2S. The first kappa shape index (κ1) is 29.1. The minimum Gasteiger partial charge on any atom is -0.310 e. The lowest BCUT2D eigenvalue weighted by Crippen LogP contribution is -2.30. The van der Waals surface area contributed by atoms with Gasteiger partial charge in [-0.1, -0.05) is 117 Å². The molecule has 9 aromatic rings. The average Bonchev–Trinajstić information content (AvgIpc) is 3.70. The molecule has 3 heteroatoms. The molecule has 0 unspecified atom stereocenters. The summed E-state index contributed by atoms with van der Waals surface area (Å²) in [5.74, 6) is 0. The van der Waals surface area contributed by atoms with Crippen LogP contribution >= 0.6 is 11.3 Å². The second kappa shape index (κ2) is 11.1. The highest BCUT2D eigenvalue weighted by atomic mass is 32.1. The molecule has 0 spiro atoms. The van der Waals surface area contributed by atoms with Crippen LogP contribution in [0, 0.1) is 0 Å². The van der Waals surface area contributed by atoms with E-state index in [9.17, 15) is 0 Å². The van der Waals surface area contributed by atoms with Gasteiger partial charge in [-0.05, 0) is 100 Å². The van der Waals surface area contributed by atoms with E-state index in [0.717, 1.165) is 0 Å². The molecule has 0 aliphatic carbocycles. The number of aromatic nitrogens is 1. The largest absolute Gasteiger partial charge is 0.310 e. The van der Waals surface area contributed by atoms with Crippen LogP contribution in [0.25, 0.3) is 59.1 Å². The predicted octanol–water partition coefficient (Wildman–Crippen LogP) is 13.4. The van der Waals surface area contributed by atoms with Crippen molar-refractivity contribution in [3.8, 4) is 27.9 Å². The van der Waals surface area contributed by atoms with Gasteiger partial charge < -0.3 is 9.47 Å². The molecule has 0 amide bonds. The molecule has 0 bridgehead atoms. The molecule has 1 aliphatic rings. The summed E-state index contributed by atoms with van der Waals surface area (Å²) < 4.78 is 5.10. The molecule has 3 heterocycles. The molecule has 50 heavy (non-hydrogen) atoms. The highest BCUT2D eigenvalue weighted by Gasteiger charge is 2.37. The fraction of sp³-hybridized carbons (Fsp3) is 0.0638. The lowest BCUT2D eigenvalue weighted by atomic mass is 9.72. The molecule has 0 saturated carbocycles. The predicted molar refractivity (Wildman–Crippen MR) is 214 cm³/mol. The molecule has 238 valence electrons. The van der Waals surface area contributed by atoms with Crippen molar-refractivity contribution in [3.63, 3.8) is 0 Å². The van der Waals surface area contributed by atoms with E-state index < -0.39 is 0 Å². The van der Waals surface area contributed by atoms with Crippen molar-refractivity contribution in [1.82, 2.24) is 4.57 Å². The van der Waals surface area contributed by atoms with E-state index in [0.29, 0.717) is 0 Å². The van der Waals surface area contributed by atoms with Gasteiger partial charge in [-0.15, -0.1) is 11.3 Å². The van der Waals surface area contributed by atoms with Crippen molar-refractivity contribution in [3.05, 3.63) is 181 Å². The molecule has 0 N–H and O–H groups in total. The first-order valence-electron chi connectivity index (χ1n) is 17.3. The number of para-hydroxylation sites is 2. The number of anilines is 3. The highest BCUT2D eigenvalue weighted by Crippen LogP contribution is 2.53. The maximum atomic E-state index is 2.45. The Bertz CT molecular complexity index is 2720. The summed E-state index contributed by atoms with van der Waals surface area (Å²) in [4.78, 5) is 2.44. The Balaban J connectivity index is 1.18. The van der Waals surface area contributed by atoms with Crippen LogP contribution in [0.1, 0.15) is 25.0 Å². The lowest BCUT2D eigenvalue weighted by Gasteiger charge is -2.42. The molecule has 7 aromatic carbocycles. The SMILES string of the molecule is CC1(C)c2cc(-c3ccccc3)ccc2N(c2ccccc2)c2ccc(-c3ccc4c(c3)c3sc5ccccc5c3n4-c3ccccc3)cc21. The number of benzene rings is 7. The number of rotatable bonds is 4. The second-order valence-corrected chi connectivity index (χ2v) is 14.9. The van der Waals surface area contributed by atoms with Crippen molar-refractivity contribution in [1.29, 1.82) is 0 Å². The summed E-state index contributed by atoms with van der Waals surface area (Å²) in [7, 11) is 0. The van der Waals surface area contributed by atoms with Crippen LogP contribution in [-0.4, -0.2) is 4.57 Å². The monoisotopic (exact) mass is 658 g/mol. The van der Waals surface area contributed by atoms with E-state index in [2.05, 4.69) is 193 Å². The first-order chi connectivity index (χ1) is 24.6. The normalized spacial score (nSPS) is 13.5. The fourth-order valence-corrected chi connectivity index (χ4v) is 9.29. The zero-order chi connectivity index (χ0) is 33.4. The van der Waals surface area contributed by atoms with Gasteiger partial charge in [0.1, 0.15) is 0 Å². The molecule has 0 radical (unpaired) electrons. The van der Waals surface area contributed by atoms with Crippen LogP contribution in [0.15, 0.2) is 170 Å². The quantitative estimate of drug-likeness (QED) is 0.183. The van der Waals surface area contributed by atoms with Gasteiger partial charge in [0.25, 0.3) is 0 Å². The Morgan fingerprint density at radius 1 is 0.460 bits per heavy atom. The van der Waals surface area contributed by atoms with Crippen molar-refractivity contribution in [2.75, 3.05) is 4.90 Å². The van der Waals surface area contributed by atoms with Gasteiger partial charge in [0, 0.05) is 32.3 Å². The zero-order valence-corrected chi connectivity index (χ0v) is 28.8. The van der Waals surface area contributed by atoms with Gasteiger partial charge in [0.05, 0.1) is 27.1 Å². The Labute approximate surface area is 296 Å². The maximum Gasteiger partial charge on any atom is 0.0727 e. The van der Waals surface area contributed by atoms with Crippen LogP contribution in [0.5, 0.6) is 0 Å². The standard InChI is InChI=1S/C47H34N2S/c1-47(2)39-29-33(31-14-6-3-7-15-31)23-26-42(39)48(35-16-8-4-9-17-35)43-27-24-34(30-40(43)47)32-22-25-41-38(28-32)46-45(37-20-12-13-21-44(37)50-46)49(41)36-18-10-5-11-19-36/h3-30H,1-2H3. The van der Waals surface area contributed by atoms with Crippen molar-refractivity contribution < 1.29 is 0 Å². The summed E-state index contributed by atoms with van der Waals surface area (Å²) in [5, 5.41) is 2.60. The van der Waals surface area contributed by atoms with Crippen LogP contribution in [0.3, 0.4) is 0 Å². The molecule has 0 saturated heterocycles. The average molecular weight is 659 g/mol. The lowest BCUT2D eigenvalue weighted by molar-refractivity contribution is 0.632. The first-order valence-corrected chi connectivity index (χ1v) is 18.1. The van der Waals surface area contributed by atoms with Gasteiger partial charge >= 0.3 is 0 Å².